The Bertz CT molecular complexity index is 1420. The van der Waals surface area contributed by atoms with E-state index in [4.69, 9.17) is 15.2 Å². The van der Waals surface area contributed by atoms with Gasteiger partial charge in [-0.2, -0.15) is 0 Å². The topological polar surface area (TPSA) is 186 Å². The third kappa shape index (κ3) is 6.92. The number of esters is 2. The number of thioether (sulfide) groups is 1. The van der Waals surface area contributed by atoms with Crippen LogP contribution in [0.2, 0.25) is 0 Å². The quantitative estimate of drug-likeness (QED) is 0.0906. The van der Waals surface area contributed by atoms with Crippen LogP contribution >= 0.6 is 23.1 Å². The number of oxime groups is 1. The number of amides is 2. The summed E-state index contributed by atoms with van der Waals surface area (Å²) in [6.45, 7) is 5.13. The van der Waals surface area contributed by atoms with Gasteiger partial charge in [0.25, 0.3) is 11.8 Å². The van der Waals surface area contributed by atoms with Crippen molar-refractivity contribution in [1.82, 2.24) is 20.2 Å². The van der Waals surface area contributed by atoms with Gasteiger partial charge in [-0.15, -0.1) is 23.1 Å². The van der Waals surface area contributed by atoms with Gasteiger partial charge < -0.3 is 25.7 Å². The summed E-state index contributed by atoms with van der Waals surface area (Å²) in [7, 11) is 0. The molecule has 2 amide bonds. The summed E-state index contributed by atoms with van der Waals surface area (Å²) in [4.78, 5) is 60.8. The Labute approximate surface area is 243 Å². The summed E-state index contributed by atoms with van der Waals surface area (Å²) in [6, 6.07) is 2.57. The Morgan fingerprint density at radius 3 is 2.71 bits per heavy atom. The molecule has 13 nitrogen and oxygen atoms in total. The highest BCUT2D eigenvalue weighted by Gasteiger charge is 2.54. The normalized spacial score (nSPS) is 19.6. The highest BCUT2D eigenvalue weighted by Crippen LogP contribution is 2.41. The number of pyridine rings is 1. The van der Waals surface area contributed by atoms with Crippen LogP contribution in [0.5, 0.6) is 0 Å². The third-order valence-corrected chi connectivity index (χ3v) is 7.84. The molecule has 2 aliphatic rings. The summed E-state index contributed by atoms with van der Waals surface area (Å²) in [6.07, 6.45) is 5.66. The van der Waals surface area contributed by atoms with E-state index in [1.165, 1.54) is 29.0 Å². The van der Waals surface area contributed by atoms with Crippen molar-refractivity contribution in [1.29, 1.82) is 0 Å². The molecule has 1 fully saturated rings. The SMILES string of the molecule is CC(C)CC(=O)OC(C)OC(=O)C1=C(/C=C\c2cccnc2)CS[C@@H]2[C@H](NC(=O)C(=NO)c3csc(N)n3)C(=O)N12. The smallest absolute Gasteiger partial charge is 0.358 e. The Morgan fingerprint density at radius 2 is 2.07 bits per heavy atom. The summed E-state index contributed by atoms with van der Waals surface area (Å²) in [5, 5.41) is 15.9. The van der Waals surface area contributed by atoms with Crippen LogP contribution in [0.4, 0.5) is 5.13 Å². The fourth-order valence-electron chi connectivity index (χ4n) is 4.05. The van der Waals surface area contributed by atoms with Crippen LogP contribution < -0.4 is 11.1 Å². The Hall–Kier alpha value is -4.24. The number of thiazole rings is 1. The van der Waals surface area contributed by atoms with Crippen LogP contribution in [0.1, 0.15) is 38.4 Å². The van der Waals surface area contributed by atoms with Gasteiger partial charge in [0.1, 0.15) is 22.8 Å². The number of aromatic nitrogens is 2. The average molecular weight is 601 g/mol. The molecule has 3 atom stereocenters. The number of ether oxygens (including phenoxy) is 2. The van der Waals surface area contributed by atoms with E-state index in [0.717, 1.165) is 16.9 Å². The van der Waals surface area contributed by atoms with Crippen LogP contribution in [0.3, 0.4) is 0 Å². The standard InChI is InChI=1S/C26H28N6O7S2/c1-13(2)9-18(33)38-14(3)39-25(36)21-16(7-6-15-5-4-8-28-10-15)11-40-24-20(23(35)32(21)24)30-22(34)19(31-37)17-12-41-26(27)29-17/h4-8,10,12-14,20,24,37H,9,11H2,1-3H3,(H2,27,29)(H,30,34)/b7-6-,31-19?/t14?,20-,24-/m1/s1. The van der Waals surface area contributed by atoms with Crippen molar-refractivity contribution in [2.45, 2.75) is 44.9 Å². The van der Waals surface area contributed by atoms with Gasteiger partial charge in [-0.25, -0.2) is 9.78 Å². The molecule has 15 heteroatoms. The number of hydrogen-bond acceptors (Lipinski definition) is 13. The first kappa shape index (κ1) is 29.7. The van der Waals surface area contributed by atoms with E-state index in [1.54, 1.807) is 30.6 Å². The van der Waals surface area contributed by atoms with Gasteiger partial charge in [-0.1, -0.05) is 37.2 Å². The monoisotopic (exact) mass is 600 g/mol. The summed E-state index contributed by atoms with van der Waals surface area (Å²) >= 11 is 2.38. The first-order valence-electron chi connectivity index (χ1n) is 12.5. The number of carbonyl (C=O) groups is 4. The molecule has 2 aromatic rings. The number of allylic oxidation sites excluding steroid dienone is 1. The van der Waals surface area contributed by atoms with Gasteiger partial charge >= 0.3 is 11.9 Å². The van der Waals surface area contributed by atoms with Gasteiger partial charge in [0.05, 0.1) is 0 Å². The number of nitrogens with zero attached hydrogens (tertiary/aromatic N) is 4. The van der Waals surface area contributed by atoms with Crippen LogP contribution in [-0.2, 0) is 28.7 Å². The van der Waals surface area contributed by atoms with E-state index in [9.17, 15) is 24.4 Å². The summed E-state index contributed by atoms with van der Waals surface area (Å²) in [5.74, 6) is -2.43. The number of rotatable bonds is 10. The molecule has 4 heterocycles. The Morgan fingerprint density at radius 1 is 1.29 bits per heavy atom. The zero-order valence-corrected chi connectivity index (χ0v) is 24.0. The minimum Gasteiger partial charge on any atom is -0.425 e. The molecule has 0 aromatic carbocycles. The molecule has 216 valence electrons. The second-order valence-corrected chi connectivity index (χ2v) is 11.4. The number of hydrogen-bond donors (Lipinski definition) is 3. The lowest BCUT2D eigenvalue weighted by Crippen LogP contribution is -2.71. The van der Waals surface area contributed by atoms with E-state index in [1.807, 2.05) is 19.9 Å². The van der Waals surface area contributed by atoms with Crippen LogP contribution in [-0.4, -0.2) is 73.0 Å². The number of fused-ring (bicyclic) bond motifs is 1. The molecule has 4 N–H and O–H groups in total. The van der Waals surface area contributed by atoms with E-state index in [0.29, 0.717) is 11.3 Å². The third-order valence-electron chi connectivity index (χ3n) is 5.86. The van der Waals surface area contributed by atoms with E-state index in [2.05, 4.69) is 20.4 Å². The van der Waals surface area contributed by atoms with Crippen molar-refractivity contribution >= 4 is 63.8 Å². The zero-order chi connectivity index (χ0) is 29.7. The second kappa shape index (κ2) is 13.0. The largest absolute Gasteiger partial charge is 0.425 e. The molecule has 4 rings (SSSR count). The predicted octanol–water partition coefficient (Wildman–Crippen LogP) is 2.14. The van der Waals surface area contributed by atoms with Crippen LogP contribution in [0.15, 0.2) is 52.4 Å². The van der Waals surface area contributed by atoms with Crippen molar-refractivity contribution in [3.05, 3.63) is 58.5 Å². The maximum absolute atomic E-state index is 13.4. The van der Waals surface area contributed by atoms with Crippen molar-refractivity contribution in [3.8, 4) is 0 Å². The van der Waals surface area contributed by atoms with Crippen LogP contribution in [0.25, 0.3) is 6.08 Å². The molecule has 0 saturated carbocycles. The Kier molecular flexibility index (Phi) is 9.39. The highest BCUT2D eigenvalue weighted by molar-refractivity contribution is 8.00. The molecular formula is C26H28N6O7S2. The Balaban J connectivity index is 1.55. The number of nitrogen functional groups attached to an aromatic ring is 1. The fraction of sp³-hybridized carbons (Fsp3) is 0.346. The number of anilines is 1. The molecule has 2 aromatic heterocycles. The molecule has 0 aliphatic carbocycles. The molecule has 1 unspecified atom stereocenters. The van der Waals surface area contributed by atoms with Gasteiger partial charge in [0.15, 0.2) is 10.8 Å². The van der Waals surface area contributed by atoms with Gasteiger partial charge in [0.2, 0.25) is 6.29 Å². The first-order chi connectivity index (χ1) is 19.6. The van der Waals surface area contributed by atoms with Crippen molar-refractivity contribution in [2.75, 3.05) is 11.5 Å². The van der Waals surface area contributed by atoms with Crippen molar-refractivity contribution in [3.63, 3.8) is 0 Å². The van der Waals surface area contributed by atoms with E-state index < -0.39 is 47.2 Å². The maximum Gasteiger partial charge on any atom is 0.358 e. The molecule has 2 aliphatic heterocycles. The lowest BCUT2D eigenvalue weighted by Gasteiger charge is -2.49. The van der Waals surface area contributed by atoms with Gasteiger partial charge in [-0.05, 0) is 23.1 Å². The van der Waals surface area contributed by atoms with Gasteiger partial charge in [-0.3, -0.25) is 24.3 Å². The number of β-lactam (4-membered cyclic amide) rings is 1. The van der Waals surface area contributed by atoms with E-state index >= 15 is 0 Å². The predicted molar refractivity (Wildman–Crippen MR) is 151 cm³/mol. The summed E-state index contributed by atoms with van der Waals surface area (Å²) < 4.78 is 10.6. The minimum atomic E-state index is -1.20. The second-order valence-electron chi connectivity index (χ2n) is 9.43. The molecule has 1 saturated heterocycles. The fourth-order valence-corrected chi connectivity index (χ4v) is 5.91. The zero-order valence-electron chi connectivity index (χ0n) is 22.3. The molecular weight excluding hydrogens is 572 g/mol. The number of carbonyl (C=O) groups excluding carboxylic acids is 4. The lowest BCUT2D eigenvalue weighted by molar-refractivity contribution is -0.184. The molecule has 0 spiro atoms. The number of nitrogens with one attached hydrogen (secondary N) is 1. The highest BCUT2D eigenvalue weighted by atomic mass is 32.2. The van der Waals surface area contributed by atoms with E-state index in [-0.39, 0.29) is 28.9 Å². The minimum absolute atomic E-state index is 0.0283. The summed E-state index contributed by atoms with van der Waals surface area (Å²) in [5.41, 5.74) is 6.50. The van der Waals surface area contributed by atoms with Crippen molar-refractivity contribution in [2.24, 2.45) is 11.1 Å². The van der Waals surface area contributed by atoms with Crippen LogP contribution in [0, 0.1) is 5.92 Å². The molecule has 41 heavy (non-hydrogen) atoms. The van der Waals surface area contributed by atoms with Gasteiger partial charge in [0, 0.05) is 36.9 Å². The maximum atomic E-state index is 13.4. The average Bonchev–Trinajstić information content (AvgIpc) is 3.35. The lowest BCUT2D eigenvalue weighted by atomic mass is 10.0. The molecule has 0 bridgehead atoms. The first-order valence-corrected chi connectivity index (χ1v) is 14.4. The van der Waals surface area contributed by atoms with Crippen molar-refractivity contribution < 1.29 is 33.9 Å². The number of nitrogens with two attached hydrogens (primary N) is 1. The molecule has 0 radical (unpaired) electrons.